The van der Waals surface area contributed by atoms with Gasteiger partial charge in [-0.25, -0.2) is 29.0 Å². The van der Waals surface area contributed by atoms with Crippen molar-refractivity contribution in [1.82, 2.24) is 31.2 Å². The van der Waals surface area contributed by atoms with Gasteiger partial charge in [-0.2, -0.15) is 0 Å². The number of nitrogens with zero attached hydrogens (tertiary/aromatic N) is 1. The first-order valence-electron chi connectivity index (χ1n) is 17.9. The SMILES string of the molecule is C=C(C)C(=O)OCCOC(=O)NCCC(C)(C)CC(C)CNC(=O)OC(C)COC(=O)NCCC(C)(C)CC(C)CNC(=O)Nc1nc(C)cc(=O)[nH]1. The number of nitrogens with one attached hydrogen (secondary N) is 6. The second-order valence-electron chi connectivity index (χ2n) is 15.1. The Morgan fingerprint density at radius 2 is 1.34 bits per heavy atom. The third-order valence-corrected chi connectivity index (χ3v) is 7.91. The summed E-state index contributed by atoms with van der Waals surface area (Å²) >= 11 is 0. The van der Waals surface area contributed by atoms with E-state index in [1.165, 1.54) is 13.0 Å². The summed E-state index contributed by atoms with van der Waals surface area (Å²) in [5.41, 5.74) is 0.121. The third-order valence-electron chi connectivity index (χ3n) is 7.91. The lowest BCUT2D eigenvalue weighted by Gasteiger charge is -2.28. The summed E-state index contributed by atoms with van der Waals surface area (Å²) in [5.74, 6) is -0.218. The van der Waals surface area contributed by atoms with Gasteiger partial charge in [0.1, 0.15) is 25.9 Å². The Kier molecular flexibility index (Phi) is 20.0. The van der Waals surface area contributed by atoms with E-state index in [4.69, 9.17) is 18.9 Å². The van der Waals surface area contributed by atoms with Gasteiger partial charge in [0.25, 0.3) is 5.56 Å². The Bertz CT molecular complexity index is 1430. The number of alkyl carbamates (subject to hydrolysis) is 3. The lowest BCUT2D eigenvalue weighted by Crippen LogP contribution is -2.36. The van der Waals surface area contributed by atoms with Crippen LogP contribution in [0, 0.1) is 29.6 Å². The Morgan fingerprint density at radius 1 is 0.811 bits per heavy atom. The molecule has 0 aliphatic carbocycles. The molecule has 1 rings (SSSR count). The molecule has 300 valence electrons. The minimum absolute atomic E-state index is 0.0506. The lowest BCUT2D eigenvalue weighted by molar-refractivity contribution is -0.139. The van der Waals surface area contributed by atoms with Gasteiger partial charge in [-0.15, -0.1) is 0 Å². The summed E-state index contributed by atoms with van der Waals surface area (Å²) < 4.78 is 20.4. The number of aromatic nitrogens is 2. The molecule has 0 saturated carbocycles. The molecule has 53 heavy (non-hydrogen) atoms. The minimum atomic E-state index is -0.666. The topological polar surface area (TPSA) is 228 Å². The molecule has 0 bridgehead atoms. The van der Waals surface area contributed by atoms with Crippen molar-refractivity contribution < 1.29 is 42.9 Å². The monoisotopic (exact) mass is 751 g/mol. The van der Waals surface area contributed by atoms with Crippen molar-refractivity contribution in [1.29, 1.82) is 0 Å². The molecule has 0 fully saturated rings. The van der Waals surface area contributed by atoms with Gasteiger partial charge in [-0.3, -0.25) is 15.1 Å². The molecule has 1 heterocycles. The summed E-state index contributed by atoms with van der Waals surface area (Å²) in [5, 5.41) is 13.5. The van der Waals surface area contributed by atoms with E-state index in [9.17, 15) is 28.8 Å². The minimum Gasteiger partial charge on any atom is -0.459 e. The van der Waals surface area contributed by atoms with Crippen molar-refractivity contribution in [3.63, 3.8) is 0 Å². The number of hydrogen-bond donors (Lipinski definition) is 6. The summed E-state index contributed by atoms with van der Waals surface area (Å²) in [6.07, 6.45) is 0.370. The highest BCUT2D eigenvalue weighted by molar-refractivity contribution is 5.87. The van der Waals surface area contributed by atoms with Crippen LogP contribution in [0.25, 0.3) is 0 Å². The summed E-state index contributed by atoms with van der Waals surface area (Å²) in [7, 11) is 0. The molecule has 3 unspecified atom stereocenters. The molecular formula is C36H61N7O10. The normalized spacial score (nSPS) is 13.0. The smallest absolute Gasteiger partial charge is 0.407 e. The van der Waals surface area contributed by atoms with E-state index in [0.29, 0.717) is 44.7 Å². The summed E-state index contributed by atoms with van der Waals surface area (Å²) in [6, 6.07) is 0.860. The van der Waals surface area contributed by atoms with Crippen LogP contribution < -0.4 is 32.1 Å². The van der Waals surface area contributed by atoms with Gasteiger partial charge in [0.2, 0.25) is 5.95 Å². The van der Waals surface area contributed by atoms with Crippen molar-refractivity contribution in [3.05, 3.63) is 34.3 Å². The number of rotatable bonds is 22. The van der Waals surface area contributed by atoms with Gasteiger partial charge < -0.3 is 40.2 Å². The number of aryl methyl sites for hydroxylation is 1. The molecule has 0 spiro atoms. The maximum atomic E-state index is 12.3. The Morgan fingerprint density at radius 3 is 1.89 bits per heavy atom. The summed E-state index contributed by atoms with van der Waals surface area (Å²) in [6.45, 7) is 21.9. The maximum absolute atomic E-state index is 12.3. The number of amides is 5. The van der Waals surface area contributed by atoms with Gasteiger partial charge in [-0.1, -0.05) is 48.1 Å². The largest absolute Gasteiger partial charge is 0.459 e. The zero-order chi connectivity index (χ0) is 40.2. The molecule has 0 aromatic carbocycles. The highest BCUT2D eigenvalue weighted by atomic mass is 16.6. The second-order valence-corrected chi connectivity index (χ2v) is 15.1. The predicted molar refractivity (Wildman–Crippen MR) is 199 cm³/mol. The van der Waals surface area contributed by atoms with Crippen molar-refractivity contribution in [2.45, 2.75) is 94.1 Å². The van der Waals surface area contributed by atoms with Crippen LogP contribution >= 0.6 is 0 Å². The van der Waals surface area contributed by atoms with E-state index in [1.807, 2.05) is 13.8 Å². The average Bonchev–Trinajstić information content (AvgIpc) is 3.02. The van der Waals surface area contributed by atoms with Crippen LogP contribution in [0.1, 0.15) is 86.8 Å². The van der Waals surface area contributed by atoms with Gasteiger partial charge in [0, 0.05) is 43.5 Å². The van der Waals surface area contributed by atoms with Gasteiger partial charge in [0.15, 0.2) is 0 Å². The van der Waals surface area contributed by atoms with Crippen molar-refractivity contribution in [2.75, 3.05) is 51.3 Å². The fraction of sp³-hybridized carbons (Fsp3) is 0.694. The van der Waals surface area contributed by atoms with Crippen LogP contribution in [-0.2, 0) is 23.7 Å². The standard InChI is InChI=1S/C36H61N7O10/c1-23(2)29(45)50-15-16-51-32(47)37-13-11-36(9,10)19-25(4)21-40-34(49)53-27(6)22-52-33(48)38-14-12-35(7,8)18-24(3)20-39-31(46)43-30-41-26(5)17-28(44)42-30/h17,24-25,27H,1,11-16,18-22H2,2-10H3,(H,37,47)(H,38,48)(H,40,49)(H3,39,41,42,43,44,46). The van der Waals surface area contributed by atoms with Crippen LogP contribution in [0.2, 0.25) is 0 Å². The molecule has 0 aliphatic rings. The lowest BCUT2D eigenvalue weighted by atomic mass is 9.80. The predicted octanol–water partition coefficient (Wildman–Crippen LogP) is 4.77. The zero-order valence-corrected chi connectivity index (χ0v) is 32.8. The van der Waals surface area contributed by atoms with Crippen LogP contribution in [0.5, 0.6) is 0 Å². The molecule has 0 radical (unpaired) electrons. The fourth-order valence-electron chi connectivity index (χ4n) is 5.50. The quantitative estimate of drug-likeness (QED) is 0.0409. The number of esters is 1. The van der Waals surface area contributed by atoms with E-state index < -0.39 is 36.4 Å². The maximum Gasteiger partial charge on any atom is 0.407 e. The highest BCUT2D eigenvalue weighted by Crippen LogP contribution is 2.29. The second kappa shape index (κ2) is 23.0. The van der Waals surface area contributed by atoms with E-state index in [0.717, 1.165) is 12.8 Å². The fourth-order valence-corrected chi connectivity index (χ4v) is 5.50. The Balaban J connectivity index is 2.22. The Hall–Kier alpha value is -4.83. The first-order valence-corrected chi connectivity index (χ1v) is 17.9. The van der Waals surface area contributed by atoms with Crippen LogP contribution in [0.15, 0.2) is 23.0 Å². The number of ether oxygens (including phenoxy) is 4. The van der Waals surface area contributed by atoms with E-state index in [2.05, 4.69) is 70.8 Å². The van der Waals surface area contributed by atoms with Crippen molar-refractivity contribution >= 4 is 36.2 Å². The molecule has 17 nitrogen and oxygen atoms in total. The van der Waals surface area contributed by atoms with Crippen molar-refractivity contribution in [2.24, 2.45) is 22.7 Å². The number of aromatic amines is 1. The summed E-state index contributed by atoms with van der Waals surface area (Å²) in [4.78, 5) is 78.1. The van der Waals surface area contributed by atoms with Crippen molar-refractivity contribution in [3.8, 4) is 0 Å². The molecular weight excluding hydrogens is 690 g/mol. The first kappa shape index (κ1) is 46.2. The number of urea groups is 1. The van der Waals surface area contributed by atoms with Crippen LogP contribution in [-0.4, -0.2) is 92.4 Å². The number of anilines is 1. The van der Waals surface area contributed by atoms with Crippen LogP contribution in [0.4, 0.5) is 25.1 Å². The number of hydrogen-bond acceptors (Lipinski definition) is 11. The number of carbonyl (C=O) groups is 5. The molecule has 17 heteroatoms. The van der Waals surface area contributed by atoms with E-state index in [1.54, 1.807) is 13.8 Å². The number of carbonyl (C=O) groups excluding carboxylic acids is 5. The third kappa shape index (κ3) is 22.7. The zero-order valence-electron chi connectivity index (χ0n) is 32.8. The Labute approximate surface area is 312 Å². The first-order chi connectivity index (χ1) is 24.7. The van der Waals surface area contributed by atoms with Gasteiger partial charge >= 0.3 is 30.3 Å². The van der Waals surface area contributed by atoms with Gasteiger partial charge in [-0.05, 0) is 69.1 Å². The molecule has 0 aliphatic heterocycles. The number of H-pyrrole nitrogens is 1. The molecule has 1 aromatic rings. The molecule has 0 saturated heterocycles. The average molecular weight is 752 g/mol. The molecule has 1 aromatic heterocycles. The van der Waals surface area contributed by atoms with Crippen LogP contribution in [0.3, 0.4) is 0 Å². The molecule has 5 amide bonds. The molecule has 6 N–H and O–H groups in total. The van der Waals surface area contributed by atoms with E-state index in [-0.39, 0.29) is 59.6 Å². The highest BCUT2D eigenvalue weighted by Gasteiger charge is 2.24. The van der Waals surface area contributed by atoms with Gasteiger partial charge in [0.05, 0.1) is 0 Å². The molecule has 3 atom stereocenters. The van der Waals surface area contributed by atoms with E-state index >= 15 is 0 Å².